The van der Waals surface area contributed by atoms with Crippen LogP contribution >= 0.6 is 67.5 Å². The Balaban J connectivity index is 1.65. The van der Waals surface area contributed by atoms with Crippen LogP contribution in [0.3, 0.4) is 0 Å². The van der Waals surface area contributed by atoms with Gasteiger partial charge in [-0.1, -0.05) is 56.9 Å². The van der Waals surface area contributed by atoms with E-state index in [0.717, 1.165) is 10.0 Å². The fourth-order valence-corrected chi connectivity index (χ4v) is 6.83. The van der Waals surface area contributed by atoms with Gasteiger partial charge in [-0.05, 0) is 59.3 Å². The Morgan fingerprint density at radius 3 is 1.46 bits per heavy atom. The predicted octanol–water partition coefficient (Wildman–Crippen LogP) is 9.25. The van der Waals surface area contributed by atoms with E-state index in [1.807, 2.05) is 24.3 Å². The van der Waals surface area contributed by atoms with Gasteiger partial charge in [-0.2, -0.15) is 0 Å². The molecule has 26 heavy (non-hydrogen) atoms. The summed E-state index contributed by atoms with van der Waals surface area (Å²) in [5, 5.41) is 5.69. The fraction of sp³-hybridized carbons (Fsp3) is 0. The van der Waals surface area contributed by atoms with E-state index in [0.29, 0.717) is 0 Å². The van der Waals surface area contributed by atoms with E-state index < -0.39 is 0 Å². The van der Waals surface area contributed by atoms with Gasteiger partial charge in [0.1, 0.15) is 0 Å². The van der Waals surface area contributed by atoms with Gasteiger partial charge in [0.05, 0.1) is 0 Å². The van der Waals surface area contributed by atoms with Crippen molar-refractivity contribution in [2.75, 3.05) is 0 Å². The van der Waals surface area contributed by atoms with Crippen LogP contribution in [0.5, 0.6) is 0 Å². The Kier molecular flexibility index (Phi) is 5.99. The molecule has 2 aromatic carbocycles. The van der Waals surface area contributed by atoms with Gasteiger partial charge >= 0.3 is 0 Å². The normalized spacial score (nSPS) is 11.0. The van der Waals surface area contributed by atoms with Gasteiger partial charge in [-0.25, -0.2) is 0 Å². The summed E-state index contributed by atoms with van der Waals surface area (Å²) in [5.41, 5.74) is 2.35. The minimum atomic E-state index is 0.758. The number of halogens is 2. The third-order valence-corrected chi connectivity index (χ3v) is 8.44. The highest BCUT2D eigenvalue weighted by molar-refractivity contribution is 8.76. The highest BCUT2D eigenvalue weighted by Gasteiger charge is 2.12. The molecule has 2 heterocycles. The van der Waals surface area contributed by atoms with Crippen LogP contribution < -0.4 is 0 Å². The molecule has 0 radical (unpaired) electrons. The first-order valence-electron chi connectivity index (χ1n) is 7.72. The molecule has 4 rings (SSSR count). The fourth-order valence-electron chi connectivity index (χ4n) is 2.49. The van der Waals surface area contributed by atoms with Crippen molar-refractivity contribution in [2.24, 2.45) is 0 Å². The standard InChI is InChI=1S/C20H12Cl2S4/c21-13-5-7-19(15(11-13)17-3-1-9-23-17)25-26-20-8-6-14(22)12-16(20)18-4-2-10-24-18/h1-12H. The highest BCUT2D eigenvalue weighted by Crippen LogP contribution is 2.47. The summed E-state index contributed by atoms with van der Waals surface area (Å²) in [6.07, 6.45) is 0. The molecule has 0 nitrogen and oxygen atoms in total. The Labute approximate surface area is 178 Å². The molecule has 0 atom stereocenters. The van der Waals surface area contributed by atoms with Crippen LogP contribution in [0, 0.1) is 0 Å². The lowest BCUT2D eigenvalue weighted by Crippen LogP contribution is -1.81. The first kappa shape index (κ1) is 18.5. The van der Waals surface area contributed by atoms with Crippen LogP contribution in [-0.2, 0) is 0 Å². The number of rotatable bonds is 5. The lowest BCUT2D eigenvalue weighted by atomic mass is 10.2. The third kappa shape index (κ3) is 4.16. The molecule has 0 aliphatic carbocycles. The van der Waals surface area contributed by atoms with Crippen molar-refractivity contribution >= 4 is 67.5 Å². The summed E-state index contributed by atoms with van der Waals surface area (Å²) in [7, 11) is 3.50. The van der Waals surface area contributed by atoms with E-state index >= 15 is 0 Å². The molecule has 2 aromatic heterocycles. The summed E-state index contributed by atoms with van der Waals surface area (Å²) < 4.78 is 0. The summed E-state index contributed by atoms with van der Waals surface area (Å²) >= 11 is 15.9. The zero-order valence-corrected chi connectivity index (χ0v) is 18.1. The molecular formula is C20H12Cl2S4. The monoisotopic (exact) mass is 450 g/mol. The first-order chi connectivity index (χ1) is 12.7. The van der Waals surface area contributed by atoms with E-state index in [2.05, 4.69) is 47.2 Å². The van der Waals surface area contributed by atoms with Gasteiger partial charge < -0.3 is 0 Å². The van der Waals surface area contributed by atoms with Gasteiger partial charge in [0, 0.05) is 40.7 Å². The van der Waals surface area contributed by atoms with Crippen molar-refractivity contribution < 1.29 is 0 Å². The van der Waals surface area contributed by atoms with E-state index in [1.54, 1.807) is 44.3 Å². The van der Waals surface area contributed by atoms with E-state index in [-0.39, 0.29) is 0 Å². The molecule has 0 amide bonds. The van der Waals surface area contributed by atoms with E-state index in [4.69, 9.17) is 23.2 Å². The van der Waals surface area contributed by atoms with Gasteiger partial charge in [0.25, 0.3) is 0 Å². The molecule has 0 N–H and O–H groups in total. The van der Waals surface area contributed by atoms with Gasteiger partial charge in [0.15, 0.2) is 0 Å². The van der Waals surface area contributed by atoms with Gasteiger partial charge in [-0.3, -0.25) is 0 Å². The van der Waals surface area contributed by atoms with E-state index in [9.17, 15) is 0 Å². The summed E-state index contributed by atoms with van der Waals surface area (Å²) in [6, 6.07) is 20.6. The lowest BCUT2D eigenvalue weighted by molar-refractivity contribution is 1.47. The van der Waals surface area contributed by atoms with Crippen LogP contribution in [0.2, 0.25) is 10.0 Å². The molecule has 4 aromatic rings. The average Bonchev–Trinajstić information content (AvgIpc) is 3.35. The number of hydrogen-bond donors (Lipinski definition) is 0. The minimum Gasteiger partial charge on any atom is -0.144 e. The zero-order chi connectivity index (χ0) is 17.9. The second-order valence-corrected chi connectivity index (χ2v) is 10.4. The summed E-state index contributed by atoms with van der Waals surface area (Å²) in [6.45, 7) is 0. The van der Waals surface area contributed by atoms with Crippen molar-refractivity contribution in [3.63, 3.8) is 0 Å². The molecule has 0 saturated carbocycles. The maximum Gasteiger partial charge on any atom is 0.0413 e. The molecule has 0 aliphatic rings. The zero-order valence-electron chi connectivity index (χ0n) is 13.3. The van der Waals surface area contributed by atoms with Gasteiger partial charge in [-0.15, -0.1) is 22.7 Å². The molecular weight excluding hydrogens is 439 g/mol. The number of benzene rings is 2. The van der Waals surface area contributed by atoms with E-state index in [1.165, 1.54) is 30.7 Å². The van der Waals surface area contributed by atoms with Crippen LogP contribution in [0.25, 0.3) is 20.9 Å². The molecule has 130 valence electrons. The number of hydrogen-bond acceptors (Lipinski definition) is 4. The van der Waals surface area contributed by atoms with Crippen molar-refractivity contribution in [2.45, 2.75) is 9.79 Å². The van der Waals surface area contributed by atoms with Crippen molar-refractivity contribution in [3.05, 3.63) is 81.5 Å². The van der Waals surface area contributed by atoms with Crippen LogP contribution in [0.1, 0.15) is 0 Å². The van der Waals surface area contributed by atoms with Crippen molar-refractivity contribution in [1.29, 1.82) is 0 Å². The van der Waals surface area contributed by atoms with Crippen molar-refractivity contribution in [1.82, 2.24) is 0 Å². The Hall–Kier alpha value is -0.880. The Morgan fingerprint density at radius 2 is 1.08 bits per heavy atom. The number of thiophene rings is 2. The second-order valence-electron chi connectivity index (χ2n) is 5.40. The molecule has 0 saturated heterocycles. The van der Waals surface area contributed by atoms with Crippen LogP contribution in [-0.4, -0.2) is 0 Å². The van der Waals surface area contributed by atoms with Crippen LogP contribution in [0.15, 0.2) is 81.2 Å². The molecule has 0 fully saturated rings. The second kappa shape index (κ2) is 8.42. The molecule has 0 aliphatic heterocycles. The maximum atomic E-state index is 6.24. The SMILES string of the molecule is Clc1ccc(SSc2ccc(Cl)cc2-c2cccs2)c(-c2cccs2)c1. The average molecular weight is 451 g/mol. The largest absolute Gasteiger partial charge is 0.144 e. The molecule has 0 bridgehead atoms. The first-order valence-corrected chi connectivity index (χ1v) is 12.4. The highest BCUT2D eigenvalue weighted by atomic mass is 35.5. The molecule has 0 spiro atoms. The molecule has 0 unspecified atom stereocenters. The minimum absolute atomic E-state index is 0.758. The quantitative estimate of drug-likeness (QED) is 0.277. The topological polar surface area (TPSA) is 0 Å². The predicted molar refractivity (Wildman–Crippen MR) is 121 cm³/mol. The summed E-state index contributed by atoms with van der Waals surface area (Å²) in [4.78, 5) is 4.86. The summed E-state index contributed by atoms with van der Waals surface area (Å²) in [5.74, 6) is 0. The van der Waals surface area contributed by atoms with Crippen LogP contribution in [0.4, 0.5) is 0 Å². The Bertz CT molecular complexity index is 925. The lowest BCUT2D eigenvalue weighted by Gasteiger charge is -2.11. The Morgan fingerprint density at radius 1 is 0.615 bits per heavy atom. The molecule has 6 heteroatoms. The smallest absolute Gasteiger partial charge is 0.0413 e. The van der Waals surface area contributed by atoms with Crippen molar-refractivity contribution in [3.8, 4) is 20.9 Å². The third-order valence-electron chi connectivity index (χ3n) is 3.68. The van der Waals surface area contributed by atoms with Gasteiger partial charge in [0.2, 0.25) is 0 Å². The maximum absolute atomic E-state index is 6.24.